The summed E-state index contributed by atoms with van der Waals surface area (Å²) >= 11 is 6.46. The third-order valence-electron chi connectivity index (χ3n) is 4.79. The molecule has 0 spiro atoms. The molecule has 2 atom stereocenters. The van der Waals surface area contributed by atoms with E-state index in [0.717, 1.165) is 41.2 Å². The van der Waals surface area contributed by atoms with Crippen LogP contribution in [-0.2, 0) is 0 Å². The van der Waals surface area contributed by atoms with Crippen LogP contribution >= 0.6 is 11.6 Å². The fraction of sp³-hybridized carbons (Fsp3) is 0.500. The quantitative estimate of drug-likeness (QED) is 0.835. The summed E-state index contributed by atoms with van der Waals surface area (Å²) < 4.78 is 6.84. The number of anilines is 1. The molecule has 3 N–H and O–H groups in total. The van der Waals surface area contributed by atoms with Crippen molar-refractivity contribution in [2.75, 3.05) is 12.4 Å². The van der Waals surface area contributed by atoms with Gasteiger partial charge in [0.25, 0.3) is 0 Å². The second-order valence-corrected chi connectivity index (χ2v) is 7.09. The van der Waals surface area contributed by atoms with E-state index in [-0.39, 0.29) is 6.04 Å². The van der Waals surface area contributed by atoms with Gasteiger partial charge >= 0.3 is 0 Å². The van der Waals surface area contributed by atoms with E-state index in [2.05, 4.69) is 27.3 Å². The molecule has 1 aliphatic heterocycles. The molecule has 2 aromatic rings. The molecule has 0 aromatic carbocycles. The van der Waals surface area contributed by atoms with E-state index in [1.54, 1.807) is 11.8 Å². The van der Waals surface area contributed by atoms with Crippen LogP contribution in [0.2, 0.25) is 0 Å². The number of ether oxygens (including phenoxy) is 1. The Morgan fingerprint density at radius 3 is 2.69 bits per heavy atom. The maximum Gasteiger partial charge on any atom is 0.223 e. The number of hydrogen-bond donors (Lipinski definition) is 2. The predicted octanol–water partition coefficient (Wildman–Crippen LogP) is 3.28. The van der Waals surface area contributed by atoms with E-state index in [9.17, 15) is 0 Å². The number of aromatic nitrogens is 3. The number of rotatable bonds is 5. The Labute approximate surface area is 158 Å². The molecule has 0 fully saturated rings. The number of nitrogens with one attached hydrogen (secondary N) is 1. The molecule has 0 amide bonds. The Bertz CT molecular complexity index is 862. The fourth-order valence-electron chi connectivity index (χ4n) is 3.29. The third-order valence-corrected chi connectivity index (χ3v) is 5.04. The van der Waals surface area contributed by atoms with Gasteiger partial charge in [-0.2, -0.15) is 9.78 Å². The van der Waals surface area contributed by atoms with Crippen molar-refractivity contribution >= 4 is 22.7 Å². The number of nitrogens with two attached hydrogens (primary N) is 1. The van der Waals surface area contributed by atoms with Gasteiger partial charge in [0.15, 0.2) is 0 Å². The molecule has 0 radical (unpaired) electrons. The first-order valence-electron chi connectivity index (χ1n) is 8.71. The Morgan fingerprint density at radius 2 is 2.08 bits per heavy atom. The molecule has 140 valence electrons. The highest BCUT2D eigenvalue weighted by atomic mass is 35.5. The Hall–Kier alpha value is -2.12. The molecule has 8 heteroatoms. The molecule has 2 unspecified atom stereocenters. The average molecular weight is 377 g/mol. The fourth-order valence-corrected chi connectivity index (χ4v) is 3.59. The van der Waals surface area contributed by atoms with E-state index in [0.29, 0.717) is 11.2 Å². The van der Waals surface area contributed by atoms with Crippen LogP contribution in [0.5, 0.6) is 5.88 Å². The minimum Gasteiger partial charge on any atom is -0.481 e. The number of aliphatic imine (C=N–C) groups is 1. The number of halogens is 1. The number of nitrogens with zero attached hydrogens (tertiary/aromatic N) is 4. The van der Waals surface area contributed by atoms with Crippen molar-refractivity contribution < 1.29 is 4.74 Å². The molecule has 0 aliphatic carbocycles. The van der Waals surface area contributed by atoms with Crippen LogP contribution in [0, 0.1) is 13.8 Å². The molecule has 0 bridgehead atoms. The van der Waals surface area contributed by atoms with Crippen LogP contribution in [0.4, 0.5) is 5.82 Å². The SMILES string of the molecule is CCCC(N)C1(C)N=C(Cl)n2nc(C)c(-c3ccc(OC)nc3C)c2N1. The van der Waals surface area contributed by atoms with Gasteiger partial charge in [-0.15, -0.1) is 0 Å². The first kappa shape index (κ1) is 18.7. The Morgan fingerprint density at radius 1 is 1.35 bits per heavy atom. The first-order valence-corrected chi connectivity index (χ1v) is 9.09. The molecule has 1 aliphatic rings. The van der Waals surface area contributed by atoms with Gasteiger partial charge in [0.2, 0.25) is 11.2 Å². The van der Waals surface area contributed by atoms with Gasteiger partial charge in [0.05, 0.1) is 12.8 Å². The molecule has 0 saturated heterocycles. The molecule has 26 heavy (non-hydrogen) atoms. The number of hydrogen-bond acceptors (Lipinski definition) is 6. The molecule has 7 nitrogen and oxygen atoms in total. The molecule has 2 aromatic heterocycles. The summed E-state index contributed by atoms with van der Waals surface area (Å²) in [5, 5.41) is 8.34. The number of methoxy groups -OCH3 is 1. The van der Waals surface area contributed by atoms with E-state index < -0.39 is 5.66 Å². The van der Waals surface area contributed by atoms with Gasteiger partial charge < -0.3 is 15.8 Å². The van der Waals surface area contributed by atoms with Crippen molar-refractivity contribution in [3.63, 3.8) is 0 Å². The zero-order valence-electron chi connectivity index (χ0n) is 15.8. The lowest BCUT2D eigenvalue weighted by atomic mass is 9.97. The Balaban J connectivity index is 2.12. The second-order valence-electron chi connectivity index (χ2n) is 6.76. The molecule has 3 heterocycles. The van der Waals surface area contributed by atoms with Gasteiger partial charge in [-0.3, -0.25) is 0 Å². The monoisotopic (exact) mass is 376 g/mol. The summed E-state index contributed by atoms with van der Waals surface area (Å²) in [4.78, 5) is 9.07. The van der Waals surface area contributed by atoms with Crippen molar-refractivity contribution in [3.8, 4) is 17.0 Å². The first-order chi connectivity index (χ1) is 12.3. The topological polar surface area (TPSA) is 90.3 Å². The standard InChI is InChI=1S/C18H25ClN6O/c1-6-7-13(20)18(4)22-16-15(11(3)24-25(16)17(19)23-18)12-8-9-14(26-5)21-10(12)2/h8-9,13,22H,6-7,20H2,1-5H3. The van der Waals surface area contributed by atoms with Gasteiger partial charge in [0.1, 0.15) is 11.5 Å². The maximum absolute atomic E-state index is 6.46. The summed E-state index contributed by atoms with van der Waals surface area (Å²) in [5.41, 5.74) is 9.29. The highest BCUT2D eigenvalue weighted by Gasteiger charge is 2.38. The molecule has 3 rings (SSSR count). The van der Waals surface area contributed by atoms with Crippen LogP contribution in [0.25, 0.3) is 11.1 Å². The van der Waals surface area contributed by atoms with Crippen LogP contribution in [-0.4, -0.2) is 38.9 Å². The summed E-state index contributed by atoms with van der Waals surface area (Å²) in [6.07, 6.45) is 1.81. The normalized spacial score (nSPS) is 20.2. The van der Waals surface area contributed by atoms with Gasteiger partial charge in [-0.1, -0.05) is 13.3 Å². The smallest absolute Gasteiger partial charge is 0.223 e. The maximum atomic E-state index is 6.46. The third kappa shape index (κ3) is 3.05. The summed E-state index contributed by atoms with van der Waals surface area (Å²) in [7, 11) is 1.60. The van der Waals surface area contributed by atoms with Crippen molar-refractivity contribution in [1.29, 1.82) is 0 Å². The minimum atomic E-state index is -0.696. The number of aryl methyl sites for hydroxylation is 2. The summed E-state index contributed by atoms with van der Waals surface area (Å²) in [6, 6.07) is 3.65. The molecular weight excluding hydrogens is 352 g/mol. The zero-order chi connectivity index (χ0) is 19.1. The Kier molecular flexibility index (Phi) is 4.94. The number of pyridine rings is 1. The van der Waals surface area contributed by atoms with Crippen molar-refractivity contribution in [3.05, 3.63) is 23.5 Å². The lowest BCUT2D eigenvalue weighted by Crippen LogP contribution is -2.53. The lowest BCUT2D eigenvalue weighted by Gasteiger charge is -2.36. The molecular formula is C18H25ClN6O. The predicted molar refractivity (Wildman–Crippen MR) is 105 cm³/mol. The van der Waals surface area contributed by atoms with Crippen molar-refractivity contribution in [2.24, 2.45) is 10.7 Å². The highest BCUT2D eigenvalue weighted by molar-refractivity contribution is 6.65. The van der Waals surface area contributed by atoms with E-state index >= 15 is 0 Å². The van der Waals surface area contributed by atoms with Crippen LogP contribution < -0.4 is 15.8 Å². The second kappa shape index (κ2) is 6.89. The van der Waals surface area contributed by atoms with E-state index in [1.807, 2.05) is 32.9 Å². The number of fused-ring (bicyclic) bond motifs is 1. The van der Waals surface area contributed by atoms with Crippen LogP contribution in [0.3, 0.4) is 0 Å². The lowest BCUT2D eigenvalue weighted by molar-refractivity contribution is 0.393. The van der Waals surface area contributed by atoms with Gasteiger partial charge in [-0.25, -0.2) is 9.98 Å². The summed E-state index contributed by atoms with van der Waals surface area (Å²) in [5.74, 6) is 1.36. The van der Waals surface area contributed by atoms with Crippen LogP contribution in [0.15, 0.2) is 17.1 Å². The largest absolute Gasteiger partial charge is 0.481 e. The van der Waals surface area contributed by atoms with Crippen molar-refractivity contribution in [1.82, 2.24) is 14.8 Å². The van der Waals surface area contributed by atoms with E-state index in [4.69, 9.17) is 22.1 Å². The van der Waals surface area contributed by atoms with Crippen molar-refractivity contribution in [2.45, 2.75) is 52.2 Å². The average Bonchev–Trinajstić information content (AvgIpc) is 2.91. The van der Waals surface area contributed by atoms with Gasteiger partial charge in [-0.05, 0) is 44.9 Å². The minimum absolute atomic E-state index is 0.173. The van der Waals surface area contributed by atoms with E-state index in [1.165, 1.54) is 0 Å². The van der Waals surface area contributed by atoms with Gasteiger partial charge in [0, 0.05) is 28.9 Å². The molecule has 0 saturated carbocycles. The highest BCUT2D eigenvalue weighted by Crippen LogP contribution is 2.38. The summed E-state index contributed by atoms with van der Waals surface area (Å²) in [6.45, 7) is 7.95. The van der Waals surface area contributed by atoms with Crippen LogP contribution in [0.1, 0.15) is 38.1 Å². The zero-order valence-corrected chi connectivity index (χ0v) is 16.6.